The van der Waals surface area contributed by atoms with Gasteiger partial charge in [-0.2, -0.15) is 0 Å². The van der Waals surface area contributed by atoms with Crippen LogP contribution < -0.4 is 14.8 Å². The Hall–Kier alpha value is -2.52. The van der Waals surface area contributed by atoms with E-state index in [1.165, 1.54) is 0 Å². The summed E-state index contributed by atoms with van der Waals surface area (Å²) in [6.07, 6.45) is 1.98. The quantitative estimate of drug-likeness (QED) is 0.670. The molecule has 3 heterocycles. The van der Waals surface area contributed by atoms with E-state index in [9.17, 15) is 9.59 Å². The number of fused-ring (bicyclic) bond motifs is 1. The van der Waals surface area contributed by atoms with Gasteiger partial charge in [0.1, 0.15) is 5.76 Å². The van der Waals surface area contributed by atoms with Crippen molar-refractivity contribution in [3.05, 3.63) is 29.7 Å². The van der Waals surface area contributed by atoms with Crippen LogP contribution in [-0.4, -0.2) is 41.4 Å². The second-order valence-electron chi connectivity index (χ2n) is 6.48. The number of hydrogen-bond donors (Lipinski definition) is 1. The predicted octanol–water partition coefficient (Wildman–Crippen LogP) is 3.07. The second-order valence-corrected chi connectivity index (χ2v) is 7.65. The van der Waals surface area contributed by atoms with Gasteiger partial charge in [0.05, 0.1) is 17.6 Å². The van der Waals surface area contributed by atoms with Gasteiger partial charge in [-0.3, -0.25) is 14.9 Å². The van der Waals surface area contributed by atoms with E-state index < -0.39 is 0 Å². The Morgan fingerprint density at radius 3 is 2.93 bits per heavy atom. The average Bonchev–Trinajstić information content (AvgIpc) is 3.36. The van der Waals surface area contributed by atoms with E-state index in [1.807, 2.05) is 25.1 Å². The fourth-order valence-corrected chi connectivity index (χ4v) is 3.91. The summed E-state index contributed by atoms with van der Waals surface area (Å²) in [6.45, 7) is 3.15. The molecule has 8 nitrogen and oxygen atoms in total. The molecule has 1 N–H and O–H groups in total. The Kier molecular flexibility index (Phi) is 5.54. The van der Waals surface area contributed by atoms with Gasteiger partial charge in [0.25, 0.3) is 5.24 Å². The van der Waals surface area contributed by atoms with Crippen molar-refractivity contribution < 1.29 is 28.2 Å². The van der Waals surface area contributed by atoms with Gasteiger partial charge < -0.3 is 18.6 Å². The zero-order valence-electron chi connectivity index (χ0n) is 15.4. The highest BCUT2D eigenvalue weighted by Gasteiger charge is 2.30. The van der Waals surface area contributed by atoms with Crippen molar-refractivity contribution >= 4 is 22.9 Å². The lowest BCUT2D eigenvalue weighted by molar-refractivity contribution is -0.119. The van der Waals surface area contributed by atoms with E-state index in [1.54, 1.807) is 0 Å². The first-order valence-electron chi connectivity index (χ1n) is 9.05. The number of amides is 2. The number of benzene rings is 1. The lowest BCUT2D eigenvalue weighted by Crippen LogP contribution is -2.24. The fraction of sp³-hybridized carbons (Fsp3) is 0.421. The number of carbonyl (C=O) groups excluding carboxylic acids is 2. The molecule has 1 aromatic carbocycles. The molecule has 9 heteroatoms. The number of imide groups is 1. The van der Waals surface area contributed by atoms with Gasteiger partial charge in [0.2, 0.25) is 18.6 Å². The van der Waals surface area contributed by atoms with Crippen molar-refractivity contribution in [2.45, 2.75) is 31.4 Å². The van der Waals surface area contributed by atoms with Gasteiger partial charge in [-0.1, -0.05) is 11.8 Å². The summed E-state index contributed by atoms with van der Waals surface area (Å²) in [5, 5.41) is 1.73. The molecular formula is C19H20N2O6S. The first-order chi connectivity index (χ1) is 13.6. The monoisotopic (exact) mass is 404 g/mol. The summed E-state index contributed by atoms with van der Waals surface area (Å²) in [5.41, 5.74) is 1.69. The van der Waals surface area contributed by atoms with Crippen LogP contribution in [0.15, 0.2) is 22.6 Å². The Labute approximate surface area is 165 Å². The molecule has 1 atom stereocenters. The highest BCUT2D eigenvalue weighted by atomic mass is 32.2. The minimum absolute atomic E-state index is 0.204. The van der Waals surface area contributed by atoms with Crippen LogP contribution in [-0.2, 0) is 16.0 Å². The first-order valence-corrected chi connectivity index (χ1v) is 9.93. The standard InChI is InChI=1S/C19H20N2O6S/c1-11-13(6-8-24-7-2-3-16-17(22)21-19(23)28-16)20-18(27-11)12-4-5-14-15(9-12)26-10-25-14/h4-5,9,16H,2-3,6-8,10H2,1H3,(H,21,22,23). The minimum Gasteiger partial charge on any atom is -0.454 e. The largest absolute Gasteiger partial charge is 0.454 e. The molecule has 1 unspecified atom stereocenters. The molecule has 4 rings (SSSR count). The molecular weight excluding hydrogens is 384 g/mol. The van der Waals surface area contributed by atoms with E-state index in [0.29, 0.717) is 37.7 Å². The van der Waals surface area contributed by atoms with Crippen LogP contribution in [0.5, 0.6) is 11.5 Å². The van der Waals surface area contributed by atoms with Gasteiger partial charge >= 0.3 is 0 Å². The Balaban J connectivity index is 1.23. The van der Waals surface area contributed by atoms with Gasteiger partial charge in [-0.25, -0.2) is 4.98 Å². The summed E-state index contributed by atoms with van der Waals surface area (Å²) in [7, 11) is 0. The van der Waals surface area contributed by atoms with Crippen LogP contribution in [0.1, 0.15) is 24.3 Å². The van der Waals surface area contributed by atoms with Gasteiger partial charge in [0.15, 0.2) is 11.5 Å². The normalized spacial score (nSPS) is 18.0. The van der Waals surface area contributed by atoms with Gasteiger partial charge in [-0.05, 0) is 38.0 Å². The summed E-state index contributed by atoms with van der Waals surface area (Å²) in [4.78, 5) is 27.2. The van der Waals surface area contributed by atoms with E-state index in [-0.39, 0.29) is 23.2 Å². The summed E-state index contributed by atoms with van der Waals surface area (Å²) in [6, 6.07) is 5.59. The minimum atomic E-state index is -0.293. The van der Waals surface area contributed by atoms with E-state index in [0.717, 1.165) is 40.9 Å². The predicted molar refractivity (Wildman–Crippen MR) is 101 cm³/mol. The van der Waals surface area contributed by atoms with Crippen molar-refractivity contribution in [3.63, 3.8) is 0 Å². The molecule has 1 fully saturated rings. The van der Waals surface area contributed by atoms with Crippen molar-refractivity contribution in [1.29, 1.82) is 0 Å². The number of ether oxygens (including phenoxy) is 3. The number of aromatic nitrogens is 1. The van der Waals surface area contributed by atoms with Crippen molar-refractivity contribution in [1.82, 2.24) is 10.3 Å². The average molecular weight is 404 g/mol. The Bertz CT molecular complexity index is 897. The number of thioether (sulfide) groups is 1. The van der Waals surface area contributed by atoms with Crippen LogP contribution in [0.4, 0.5) is 4.79 Å². The zero-order chi connectivity index (χ0) is 19.5. The first kappa shape index (κ1) is 18.8. The zero-order valence-corrected chi connectivity index (χ0v) is 16.2. The van der Waals surface area contributed by atoms with Gasteiger partial charge in [0, 0.05) is 18.6 Å². The SMILES string of the molecule is Cc1oc(-c2ccc3c(c2)OCO3)nc1CCOCCCC1SC(=O)NC1=O. The molecule has 2 aliphatic rings. The molecule has 2 aromatic rings. The molecule has 148 valence electrons. The maximum absolute atomic E-state index is 11.5. The molecule has 0 saturated carbocycles. The number of hydrogen-bond acceptors (Lipinski definition) is 8. The van der Waals surface area contributed by atoms with Crippen LogP contribution in [0.25, 0.3) is 11.5 Å². The molecule has 1 saturated heterocycles. The molecule has 28 heavy (non-hydrogen) atoms. The van der Waals surface area contributed by atoms with Gasteiger partial charge in [-0.15, -0.1) is 0 Å². The van der Waals surface area contributed by atoms with Crippen LogP contribution in [0, 0.1) is 6.92 Å². The third-order valence-corrected chi connectivity index (χ3v) is 5.57. The molecule has 0 bridgehead atoms. The number of aryl methyl sites for hydroxylation is 1. The molecule has 0 radical (unpaired) electrons. The van der Waals surface area contributed by atoms with Crippen molar-refractivity contribution in [2.75, 3.05) is 20.0 Å². The van der Waals surface area contributed by atoms with E-state index >= 15 is 0 Å². The summed E-state index contributed by atoms with van der Waals surface area (Å²) in [5.74, 6) is 2.50. The molecule has 0 aliphatic carbocycles. The van der Waals surface area contributed by atoms with E-state index in [4.69, 9.17) is 18.6 Å². The Morgan fingerprint density at radius 2 is 2.11 bits per heavy atom. The smallest absolute Gasteiger partial charge is 0.286 e. The molecule has 2 aliphatic heterocycles. The van der Waals surface area contributed by atoms with Crippen LogP contribution >= 0.6 is 11.8 Å². The number of oxazole rings is 1. The van der Waals surface area contributed by atoms with Crippen molar-refractivity contribution in [2.24, 2.45) is 0 Å². The van der Waals surface area contributed by atoms with E-state index in [2.05, 4.69) is 10.3 Å². The molecule has 0 spiro atoms. The maximum atomic E-state index is 11.5. The summed E-state index contributed by atoms with van der Waals surface area (Å²) < 4.78 is 22.1. The highest BCUT2D eigenvalue weighted by Crippen LogP contribution is 2.36. The number of nitrogens with zero attached hydrogens (tertiary/aromatic N) is 1. The maximum Gasteiger partial charge on any atom is 0.286 e. The topological polar surface area (TPSA) is 99.9 Å². The molecule has 2 amide bonds. The second kappa shape index (κ2) is 8.24. The number of carbonyl (C=O) groups is 2. The van der Waals surface area contributed by atoms with Crippen LogP contribution in [0.2, 0.25) is 0 Å². The molecule has 1 aromatic heterocycles. The third-order valence-electron chi connectivity index (χ3n) is 4.52. The van der Waals surface area contributed by atoms with Crippen molar-refractivity contribution in [3.8, 4) is 23.0 Å². The number of rotatable bonds is 8. The lowest BCUT2D eigenvalue weighted by atomic mass is 10.2. The fourth-order valence-electron chi connectivity index (χ4n) is 3.04. The number of nitrogens with one attached hydrogen (secondary N) is 1. The van der Waals surface area contributed by atoms with Crippen LogP contribution in [0.3, 0.4) is 0 Å². The third kappa shape index (κ3) is 4.15. The Morgan fingerprint density at radius 1 is 1.25 bits per heavy atom. The summed E-state index contributed by atoms with van der Waals surface area (Å²) >= 11 is 1.05. The lowest BCUT2D eigenvalue weighted by Gasteiger charge is -2.05. The highest BCUT2D eigenvalue weighted by molar-refractivity contribution is 8.15.